The molecule has 0 aliphatic carbocycles. The van der Waals surface area contributed by atoms with Crippen molar-refractivity contribution in [3.8, 4) is 0 Å². The smallest absolute Gasteiger partial charge is 0.228 e. The summed E-state index contributed by atoms with van der Waals surface area (Å²) in [5.41, 5.74) is 3.74. The van der Waals surface area contributed by atoms with Gasteiger partial charge in [-0.25, -0.2) is 4.98 Å². The molecule has 0 spiro atoms. The van der Waals surface area contributed by atoms with E-state index >= 15 is 0 Å². The molecular formula is C23H19N3O3. The Bertz CT molecular complexity index is 1200. The predicted octanol–water partition coefficient (Wildman–Crippen LogP) is 3.46. The van der Waals surface area contributed by atoms with Gasteiger partial charge in [-0.15, -0.1) is 0 Å². The minimum atomic E-state index is -0.224. The summed E-state index contributed by atoms with van der Waals surface area (Å²) in [6, 6.07) is 16.5. The molecule has 0 fully saturated rings. The summed E-state index contributed by atoms with van der Waals surface area (Å²) in [7, 11) is 0. The maximum atomic E-state index is 12.8. The second kappa shape index (κ2) is 7.31. The van der Waals surface area contributed by atoms with Crippen LogP contribution in [-0.4, -0.2) is 22.6 Å². The number of pyridine rings is 1. The van der Waals surface area contributed by atoms with Gasteiger partial charge < -0.3 is 5.32 Å². The van der Waals surface area contributed by atoms with E-state index in [-0.39, 0.29) is 17.6 Å². The molecular weight excluding hydrogens is 366 g/mol. The normalized spacial score (nSPS) is 14.3. The first-order valence-corrected chi connectivity index (χ1v) is 9.24. The lowest BCUT2D eigenvalue weighted by molar-refractivity contribution is -0.119. The standard InChI is InChI=1S/C23H19N3O3/c1-14(27)24-13-16-7-10-20-17(11-16)8-9-18(25-20)12-22-23(29)19-5-3-4-6-21(19)26(22)15(2)28/h3-12H,13H2,1-2H3,(H,24,27)/b22-12-. The molecule has 1 aliphatic heterocycles. The zero-order valence-electron chi connectivity index (χ0n) is 16.1. The van der Waals surface area contributed by atoms with Crippen LogP contribution in [0.3, 0.4) is 0 Å². The number of nitrogens with one attached hydrogen (secondary N) is 1. The molecule has 29 heavy (non-hydrogen) atoms. The van der Waals surface area contributed by atoms with Gasteiger partial charge in [0.2, 0.25) is 17.6 Å². The second-order valence-corrected chi connectivity index (χ2v) is 6.90. The first-order valence-electron chi connectivity index (χ1n) is 9.24. The largest absolute Gasteiger partial charge is 0.352 e. The van der Waals surface area contributed by atoms with Crippen LogP contribution in [0, 0.1) is 0 Å². The Morgan fingerprint density at radius 1 is 1.07 bits per heavy atom. The molecule has 1 aromatic heterocycles. The predicted molar refractivity (Wildman–Crippen MR) is 111 cm³/mol. The highest BCUT2D eigenvalue weighted by Gasteiger charge is 2.34. The van der Waals surface area contributed by atoms with Gasteiger partial charge in [-0.1, -0.05) is 24.3 Å². The van der Waals surface area contributed by atoms with Crippen LogP contribution in [0.5, 0.6) is 0 Å². The first kappa shape index (κ1) is 18.6. The van der Waals surface area contributed by atoms with Crippen molar-refractivity contribution >= 4 is 40.3 Å². The van der Waals surface area contributed by atoms with E-state index in [4.69, 9.17) is 0 Å². The lowest BCUT2D eigenvalue weighted by Crippen LogP contribution is -2.25. The summed E-state index contributed by atoms with van der Waals surface area (Å²) in [5, 5.41) is 3.70. The summed E-state index contributed by atoms with van der Waals surface area (Å²) in [4.78, 5) is 42.2. The summed E-state index contributed by atoms with van der Waals surface area (Å²) in [6.45, 7) is 3.38. The van der Waals surface area contributed by atoms with Gasteiger partial charge in [-0.3, -0.25) is 19.3 Å². The Kier molecular flexibility index (Phi) is 4.68. The third-order valence-corrected chi connectivity index (χ3v) is 4.78. The van der Waals surface area contributed by atoms with Gasteiger partial charge in [0.05, 0.1) is 22.6 Å². The molecule has 1 N–H and O–H groups in total. The maximum Gasteiger partial charge on any atom is 0.228 e. The highest BCUT2D eigenvalue weighted by Crippen LogP contribution is 2.35. The van der Waals surface area contributed by atoms with E-state index in [0.717, 1.165) is 16.5 Å². The van der Waals surface area contributed by atoms with Crippen molar-refractivity contribution in [1.29, 1.82) is 0 Å². The van der Waals surface area contributed by atoms with Gasteiger partial charge in [0.15, 0.2) is 0 Å². The first-order chi connectivity index (χ1) is 13.9. The minimum absolute atomic E-state index is 0.0811. The molecule has 2 amide bonds. The molecule has 0 saturated carbocycles. The quantitative estimate of drug-likeness (QED) is 0.700. The van der Waals surface area contributed by atoms with Crippen LogP contribution in [0.2, 0.25) is 0 Å². The number of hydrogen-bond donors (Lipinski definition) is 1. The van der Waals surface area contributed by atoms with Crippen LogP contribution in [0.25, 0.3) is 17.0 Å². The zero-order valence-corrected chi connectivity index (χ0v) is 16.1. The van der Waals surface area contributed by atoms with Gasteiger partial charge in [0.1, 0.15) is 0 Å². The van der Waals surface area contributed by atoms with Crippen molar-refractivity contribution in [2.45, 2.75) is 20.4 Å². The number of carbonyl (C=O) groups excluding carboxylic acids is 3. The van der Waals surface area contributed by atoms with E-state index in [9.17, 15) is 14.4 Å². The number of Topliss-reactive ketones (excluding diaryl/α,β-unsaturated/α-hetero) is 1. The molecule has 2 heterocycles. The number of nitrogens with zero attached hydrogens (tertiary/aromatic N) is 2. The number of anilines is 1. The van der Waals surface area contributed by atoms with Crippen LogP contribution in [0.1, 0.15) is 35.5 Å². The van der Waals surface area contributed by atoms with E-state index in [1.807, 2.05) is 30.3 Å². The fourth-order valence-electron chi connectivity index (χ4n) is 3.45. The molecule has 1 aliphatic rings. The number of aromatic nitrogens is 1. The van der Waals surface area contributed by atoms with Crippen molar-refractivity contribution in [2.24, 2.45) is 0 Å². The summed E-state index contributed by atoms with van der Waals surface area (Å²) in [6.07, 6.45) is 1.65. The molecule has 0 atom stereocenters. The van der Waals surface area contributed by atoms with E-state index in [1.54, 1.807) is 30.3 Å². The van der Waals surface area contributed by atoms with Gasteiger partial charge in [0, 0.05) is 31.3 Å². The van der Waals surface area contributed by atoms with Crippen molar-refractivity contribution < 1.29 is 14.4 Å². The maximum absolute atomic E-state index is 12.8. The van der Waals surface area contributed by atoms with Gasteiger partial charge >= 0.3 is 0 Å². The summed E-state index contributed by atoms with van der Waals surface area (Å²) >= 11 is 0. The SMILES string of the molecule is CC(=O)NCc1ccc2nc(/C=C3/C(=O)c4ccccc4N3C(C)=O)ccc2c1. The number of ketones is 1. The van der Waals surface area contributed by atoms with Crippen LogP contribution in [-0.2, 0) is 16.1 Å². The molecule has 0 saturated heterocycles. The molecule has 6 heteroatoms. The molecule has 0 unspecified atom stereocenters. The monoisotopic (exact) mass is 385 g/mol. The van der Waals surface area contributed by atoms with E-state index < -0.39 is 0 Å². The third kappa shape index (κ3) is 3.52. The van der Waals surface area contributed by atoms with Crippen molar-refractivity contribution in [1.82, 2.24) is 10.3 Å². The number of allylic oxidation sites excluding steroid dienone is 1. The topological polar surface area (TPSA) is 79.4 Å². The summed E-state index contributed by atoms with van der Waals surface area (Å²) in [5.74, 6) is -0.497. The van der Waals surface area contributed by atoms with Crippen LogP contribution < -0.4 is 10.2 Å². The highest BCUT2D eigenvalue weighted by atomic mass is 16.2. The van der Waals surface area contributed by atoms with E-state index in [1.165, 1.54) is 18.7 Å². The second-order valence-electron chi connectivity index (χ2n) is 6.90. The Balaban J connectivity index is 1.70. The van der Waals surface area contributed by atoms with Crippen molar-refractivity contribution in [3.63, 3.8) is 0 Å². The highest BCUT2D eigenvalue weighted by molar-refractivity contribution is 6.26. The van der Waals surface area contributed by atoms with E-state index in [0.29, 0.717) is 29.2 Å². The zero-order chi connectivity index (χ0) is 20.5. The number of rotatable bonds is 3. The Morgan fingerprint density at radius 2 is 1.86 bits per heavy atom. The molecule has 4 rings (SSSR count). The molecule has 2 aromatic carbocycles. The number of amides is 2. The van der Waals surface area contributed by atoms with Gasteiger partial charge in [-0.05, 0) is 42.0 Å². The average molecular weight is 385 g/mol. The Morgan fingerprint density at radius 3 is 2.62 bits per heavy atom. The fraction of sp³-hybridized carbons (Fsp3) is 0.130. The number of benzene rings is 2. The lowest BCUT2D eigenvalue weighted by atomic mass is 10.1. The molecule has 144 valence electrons. The van der Waals surface area contributed by atoms with Crippen LogP contribution in [0.4, 0.5) is 5.69 Å². The molecule has 0 bridgehead atoms. The van der Waals surface area contributed by atoms with Crippen molar-refractivity contribution in [3.05, 3.63) is 77.1 Å². The lowest BCUT2D eigenvalue weighted by Gasteiger charge is -2.15. The molecule has 0 radical (unpaired) electrons. The number of fused-ring (bicyclic) bond motifs is 2. The average Bonchev–Trinajstić information content (AvgIpc) is 2.98. The number of para-hydroxylation sites is 1. The van der Waals surface area contributed by atoms with Gasteiger partial charge in [-0.2, -0.15) is 0 Å². The molecule has 6 nitrogen and oxygen atoms in total. The third-order valence-electron chi connectivity index (χ3n) is 4.78. The van der Waals surface area contributed by atoms with Crippen molar-refractivity contribution in [2.75, 3.05) is 4.90 Å². The number of carbonyl (C=O) groups is 3. The van der Waals surface area contributed by atoms with Crippen LogP contribution >= 0.6 is 0 Å². The minimum Gasteiger partial charge on any atom is -0.352 e. The number of hydrogen-bond acceptors (Lipinski definition) is 4. The Hall–Kier alpha value is -3.80. The summed E-state index contributed by atoms with van der Waals surface area (Å²) < 4.78 is 0. The Labute approximate surface area is 167 Å². The van der Waals surface area contributed by atoms with Crippen LogP contribution in [0.15, 0.2) is 60.3 Å². The fourth-order valence-corrected chi connectivity index (χ4v) is 3.45. The molecule has 3 aromatic rings. The van der Waals surface area contributed by atoms with E-state index in [2.05, 4.69) is 10.3 Å². The van der Waals surface area contributed by atoms with Gasteiger partial charge in [0.25, 0.3) is 0 Å².